The molecule has 0 aromatic heterocycles. The zero-order valence-corrected chi connectivity index (χ0v) is 12.6. The van der Waals surface area contributed by atoms with Gasteiger partial charge in [-0.2, -0.15) is 0 Å². The molecule has 0 aliphatic carbocycles. The molecule has 0 aliphatic rings. The van der Waals surface area contributed by atoms with Gasteiger partial charge in [0.05, 0.1) is 6.61 Å². The van der Waals surface area contributed by atoms with Crippen molar-refractivity contribution in [3.63, 3.8) is 0 Å². The first-order valence-corrected chi connectivity index (χ1v) is 7.54. The van der Waals surface area contributed by atoms with Gasteiger partial charge in [-0.15, -0.1) is 11.8 Å². The molecule has 5 heteroatoms. The van der Waals surface area contributed by atoms with Crippen LogP contribution in [-0.2, 0) is 4.74 Å². The fourth-order valence-electron chi connectivity index (χ4n) is 1.63. The molecule has 0 heterocycles. The number of hydrogen-bond donors (Lipinski definition) is 2. The van der Waals surface area contributed by atoms with E-state index in [-0.39, 0.29) is 5.91 Å². The zero-order valence-electron chi connectivity index (χ0n) is 11.8. The number of carbonyl (C=O) groups is 1. The zero-order chi connectivity index (χ0) is 14.1. The van der Waals surface area contributed by atoms with E-state index in [0.717, 1.165) is 29.1 Å². The van der Waals surface area contributed by atoms with Crippen molar-refractivity contribution in [2.75, 3.05) is 39.6 Å². The number of aryl methyl sites for hydroxylation is 1. The third-order valence-corrected chi connectivity index (χ3v) is 3.48. The number of hydrogen-bond acceptors (Lipinski definition) is 4. The Morgan fingerprint density at radius 1 is 1.32 bits per heavy atom. The molecule has 0 atom stereocenters. The number of thioether (sulfide) groups is 1. The van der Waals surface area contributed by atoms with Gasteiger partial charge < -0.3 is 15.4 Å². The number of rotatable bonds is 8. The quantitative estimate of drug-likeness (QED) is 0.563. The van der Waals surface area contributed by atoms with Crippen molar-refractivity contribution < 1.29 is 9.53 Å². The first-order valence-electron chi connectivity index (χ1n) is 6.31. The Morgan fingerprint density at radius 3 is 2.79 bits per heavy atom. The van der Waals surface area contributed by atoms with Crippen molar-refractivity contribution in [1.82, 2.24) is 10.6 Å². The smallest absolute Gasteiger partial charge is 0.251 e. The van der Waals surface area contributed by atoms with Gasteiger partial charge in [-0.05, 0) is 30.9 Å². The maximum Gasteiger partial charge on any atom is 0.251 e. The second-order valence-electron chi connectivity index (χ2n) is 4.18. The average molecular weight is 282 g/mol. The van der Waals surface area contributed by atoms with E-state index in [2.05, 4.69) is 10.6 Å². The summed E-state index contributed by atoms with van der Waals surface area (Å²) in [6.07, 6.45) is 2.01. The topological polar surface area (TPSA) is 50.4 Å². The molecule has 0 spiro atoms. The van der Waals surface area contributed by atoms with Crippen LogP contribution in [0.3, 0.4) is 0 Å². The highest BCUT2D eigenvalue weighted by molar-refractivity contribution is 7.98. The Labute approximate surface area is 119 Å². The van der Waals surface area contributed by atoms with Gasteiger partial charge in [0.15, 0.2) is 0 Å². The van der Waals surface area contributed by atoms with Gasteiger partial charge in [-0.1, -0.05) is 6.07 Å². The van der Waals surface area contributed by atoms with Gasteiger partial charge in [0, 0.05) is 37.2 Å². The van der Waals surface area contributed by atoms with Gasteiger partial charge >= 0.3 is 0 Å². The average Bonchev–Trinajstić information content (AvgIpc) is 2.43. The van der Waals surface area contributed by atoms with E-state index in [1.807, 2.05) is 31.4 Å². The molecule has 1 aromatic rings. The number of amides is 1. The lowest BCUT2D eigenvalue weighted by molar-refractivity contribution is 0.0953. The standard InChI is InChI=1S/C14H22N2O2S/c1-11-4-5-12(19-3)10-13(11)14(17)16-7-6-15-8-9-18-2/h4-5,10,15H,6-9H2,1-3H3,(H,16,17). The molecule has 1 aromatic carbocycles. The molecule has 0 aliphatic heterocycles. The van der Waals surface area contributed by atoms with Crippen LogP contribution in [0.4, 0.5) is 0 Å². The van der Waals surface area contributed by atoms with Crippen LogP contribution >= 0.6 is 11.8 Å². The predicted molar refractivity (Wildman–Crippen MR) is 80.0 cm³/mol. The molecule has 0 fully saturated rings. The summed E-state index contributed by atoms with van der Waals surface area (Å²) < 4.78 is 4.93. The van der Waals surface area contributed by atoms with E-state index in [1.165, 1.54) is 0 Å². The monoisotopic (exact) mass is 282 g/mol. The second-order valence-corrected chi connectivity index (χ2v) is 5.06. The largest absolute Gasteiger partial charge is 0.383 e. The number of carbonyl (C=O) groups excluding carboxylic acids is 1. The number of ether oxygens (including phenoxy) is 1. The van der Waals surface area contributed by atoms with Gasteiger partial charge in [0.1, 0.15) is 0 Å². The summed E-state index contributed by atoms with van der Waals surface area (Å²) in [5, 5.41) is 6.10. The molecule has 0 radical (unpaired) electrons. The van der Waals surface area contributed by atoms with Crippen LogP contribution < -0.4 is 10.6 Å². The van der Waals surface area contributed by atoms with Crippen molar-refractivity contribution in [1.29, 1.82) is 0 Å². The summed E-state index contributed by atoms with van der Waals surface area (Å²) in [4.78, 5) is 13.2. The van der Waals surface area contributed by atoms with E-state index in [0.29, 0.717) is 13.2 Å². The van der Waals surface area contributed by atoms with E-state index >= 15 is 0 Å². The van der Waals surface area contributed by atoms with Crippen LogP contribution in [0.2, 0.25) is 0 Å². The van der Waals surface area contributed by atoms with E-state index in [9.17, 15) is 4.79 Å². The maximum atomic E-state index is 12.0. The lowest BCUT2D eigenvalue weighted by Crippen LogP contribution is -2.33. The Morgan fingerprint density at radius 2 is 2.11 bits per heavy atom. The molecule has 106 valence electrons. The molecule has 0 unspecified atom stereocenters. The van der Waals surface area contributed by atoms with Crippen LogP contribution in [0, 0.1) is 6.92 Å². The molecule has 2 N–H and O–H groups in total. The number of methoxy groups -OCH3 is 1. The molecular weight excluding hydrogens is 260 g/mol. The van der Waals surface area contributed by atoms with Crippen molar-refractivity contribution in [3.8, 4) is 0 Å². The normalized spacial score (nSPS) is 10.5. The van der Waals surface area contributed by atoms with Crippen molar-refractivity contribution in [2.45, 2.75) is 11.8 Å². The minimum Gasteiger partial charge on any atom is -0.383 e. The molecule has 4 nitrogen and oxygen atoms in total. The maximum absolute atomic E-state index is 12.0. The summed E-state index contributed by atoms with van der Waals surface area (Å²) in [7, 11) is 1.67. The summed E-state index contributed by atoms with van der Waals surface area (Å²) in [6, 6.07) is 5.95. The van der Waals surface area contributed by atoms with Crippen molar-refractivity contribution in [2.24, 2.45) is 0 Å². The number of benzene rings is 1. The fourth-order valence-corrected chi connectivity index (χ4v) is 2.07. The lowest BCUT2D eigenvalue weighted by Gasteiger charge is -2.09. The van der Waals surface area contributed by atoms with E-state index < -0.39 is 0 Å². The highest BCUT2D eigenvalue weighted by atomic mass is 32.2. The Bertz CT molecular complexity index is 410. The van der Waals surface area contributed by atoms with Crippen molar-refractivity contribution in [3.05, 3.63) is 29.3 Å². The highest BCUT2D eigenvalue weighted by Gasteiger charge is 2.08. The first kappa shape index (κ1) is 16.0. The second kappa shape index (κ2) is 8.96. The molecule has 0 saturated heterocycles. The lowest BCUT2D eigenvalue weighted by atomic mass is 10.1. The van der Waals surface area contributed by atoms with Crippen molar-refractivity contribution >= 4 is 17.7 Å². The van der Waals surface area contributed by atoms with Crippen LogP contribution in [-0.4, -0.2) is 45.5 Å². The van der Waals surface area contributed by atoms with Gasteiger partial charge in [0.2, 0.25) is 0 Å². The first-order chi connectivity index (χ1) is 9.19. The van der Waals surface area contributed by atoms with Crippen LogP contribution in [0.5, 0.6) is 0 Å². The van der Waals surface area contributed by atoms with Crippen LogP contribution in [0.1, 0.15) is 15.9 Å². The molecular formula is C14H22N2O2S. The molecule has 0 saturated carbocycles. The van der Waals surface area contributed by atoms with E-state index in [1.54, 1.807) is 18.9 Å². The summed E-state index contributed by atoms with van der Waals surface area (Å²) >= 11 is 1.64. The molecule has 1 rings (SSSR count). The van der Waals surface area contributed by atoms with Crippen LogP contribution in [0.25, 0.3) is 0 Å². The molecule has 0 bridgehead atoms. The Hall–Kier alpha value is -1.04. The van der Waals surface area contributed by atoms with Crippen LogP contribution in [0.15, 0.2) is 23.1 Å². The number of nitrogens with one attached hydrogen (secondary N) is 2. The Kier molecular flexibility index (Phi) is 7.55. The summed E-state index contributed by atoms with van der Waals surface area (Å²) in [5.41, 5.74) is 1.76. The molecule has 19 heavy (non-hydrogen) atoms. The SMILES string of the molecule is COCCNCCNC(=O)c1cc(SC)ccc1C. The third kappa shape index (κ3) is 5.63. The van der Waals surface area contributed by atoms with Gasteiger partial charge in [-0.25, -0.2) is 0 Å². The third-order valence-electron chi connectivity index (χ3n) is 2.76. The van der Waals surface area contributed by atoms with Gasteiger partial charge in [0.25, 0.3) is 5.91 Å². The highest BCUT2D eigenvalue weighted by Crippen LogP contribution is 2.18. The fraction of sp³-hybridized carbons (Fsp3) is 0.500. The minimum atomic E-state index is -0.0121. The minimum absolute atomic E-state index is 0.0121. The predicted octanol–water partition coefficient (Wildman–Crippen LogP) is 1.68. The van der Waals surface area contributed by atoms with E-state index in [4.69, 9.17) is 4.74 Å². The van der Waals surface area contributed by atoms with Gasteiger partial charge in [-0.3, -0.25) is 4.79 Å². The Balaban J connectivity index is 2.40. The molecule has 1 amide bonds. The summed E-state index contributed by atoms with van der Waals surface area (Å²) in [5.74, 6) is -0.0121. The summed E-state index contributed by atoms with van der Waals surface area (Å²) in [6.45, 7) is 4.80.